The molecule has 2 unspecified atom stereocenters. The Balaban J connectivity index is 0.00000225. The molecule has 2 aromatic rings. The maximum absolute atomic E-state index is 4.76. The Hall–Kier alpha value is -1.57. The van der Waals surface area contributed by atoms with E-state index in [1.54, 1.807) is 0 Å². The third-order valence-electron chi connectivity index (χ3n) is 4.39. The van der Waals surface area contributed by atoms with E-state index in [1.807, 2.05) is 23.1 Å². The van der Waals surface area contributed by atoms with Gasteiger partial charge in [0.2, 0.25) is 0 Å². The highest BCUT2D eigenvalue weighted by atomic mass is 127. The monoisotopic (exact) mass is 453 g/mol. The van der Waals surface area contributed by atoms with Gasteiger partial charge in [-0.15, -0.1) is 24.0 Å². The normalized spacial score (nSPS) is 19.2. The van der Waals surface area contributed by atoms with Crippen molar-refractivity contribution in [2.75, 3.05) is 19.6 Å². The van der Waals surface area contributed by atoms with Crippen molar-refractivity contribution in [3.05, 3.63) is 54.4 Å². The molecule has 1 fully saturated rings. The van der Waals surface area contributed by atoms with Gasteiger partial charge in [-0.3, -0.25) is 9.67 Å². The SMILES string of the molecule is CCNC(=NCC1CC1c1ccccc1)NCCCn1cccn1.I. The first-order valence-corrected chi connectivity index (χ1v) is 8.91. The fourth-order valence-corrected chi connectivity index (χ4v) is 2.99. The van der Waals surface area contributed by atoms with Crippen LogP contribution >= 0.6 is 24.0 Å². The van der Waals surface area contributed by atoms with Gasteiger partial charge in [-0.2, -0.15) is 5.10 Å². The standard InChI is InChI=1S/C19H27N5.HI/c1-2-20-19(21-10-6-12-24-13-7-11-23-24)22-15-17-14-18(17)16-8-4-3-5-9-16;/h3-5,7-9,11,13,17-18H,2,6,10,12,14-15H2,1H3,(H2,20,21,22);1H. The zero-order valence-electron chi connectivity index (χ0n) is 14.8. The molecule has 2 atom stereocenters. The molecule has 0 amide bonds. The summed E-state index contributed by atoms with van der Waals surface area (Å²) >= 11 is 0. The summed E-state index contributed by atoms with van der Waals surface area (Å²) in [5.74, 6) is 2.31. The summed E-state index contributed by atoms with van der Waals surface area (Å²) in [5, 5.41) is 11.0. The summed E-state index contributed by atoms with van der Waals surface area (Å²) in [5.41, 5.74) is 1.45. The second kappa shape index (κ2) is 10.4. The van der Waals surface area contributed by atoms with E-state index in [4.69, 9.17) is 4.99 Å². The van der Waals surface area contributed by atoms with E-state index < -0.39 is 0 Å². The van der Waals surface area contributed by atoms with E-state index in [2.05, 4.69) is 53.0 Å². The summed E-state index contributed by atoms with van der Waals surface area (Å²) < 4.78 is 1.96. The van der Waals surface area contributed by atoms with E-state index in [1.165, 1.54) is 12.0 Å². The minimum Gasteiger partial charge on any atom is -0.357 e. The molecule has 1 heterocycles. The average molecular weight is 453 g/mol. The van der Waals surface area contributed by atoms with Gasteiger partial charge in [-0.25, -0.2) is 0 Å². The van der Waals surface area contributed by atoms with Crippen LogP contribution in [0.15, 0.2) is 53.8 Å². The molecule has 5 nitrogen and oxygen atoms in total. The fraction of sp³-hybridized carbons (Fsp3) is 0.474. The first-order valence-electron chi connectivity index (χ1n) is 8.91. The molecular formula is C19H28IN5. The van der Waals surface area contributed by atoms with Crippen molar-refractivity contribution in [2.24, 2.45) is 10.9 Å². The van der Waals surface area contributed by atoms with Crippen molar-refractivity contribution in [1.82, 2.24) is 20.4 Å². The Morgan fingerprint density at radius 1 is 1.24 bits per heavy atom. The van der Waals surface area contributed by atoms with E-state index in [0.29, 0.717) is 11.8 Å². The Bertz CT molecular complexity index is 627. The van der Waals surface area contributed by atoms with Crippen LogP contribution in [0.3, 0.4) is 0 Å². The Morgan fingerprint density at radius 3 is 2.80 bits per heavy atom. The molecule has 1 saturated carbocycles. The number of nitrogens with one attached hydrogen (secondary N) is 2. The number of nitrogens with zero attached hydrogens (tertiary/aromatic N) is 3. The second-order valence-corrected chi connectivity index (χ2v) is 6.28. The van der Waals surface area contributed by atoms with Crippen molar-refractivity contribution in [1.29, 1.82) is 0 Å². The van der Waals surface area contributed by atoms with Crippen LogP contribution < -0.4 is 10.6 Å². The third-order valence-corrected chi connectivity index (χ3v) is 4.39. The lowest BCUT2D eigenvalue weighted by Gasteiger charge is -2.11. The molecule has 0 aliphatic heterocycles. The maximum atomic E-state index is 4.76. The Labute approximate surface area is 167 Å². The van der Waals surface area contributed by atoms with Crippen molar-refractivity contribution in [3.63, 3.8) is 0 Å². The Morgan fingerprint density at radius 2 is 2.08 bits per heavy atom. The zero-order chi connectivity index (χ0) is 16.6. The van der Waals surface area contributed by atoms with Crippen molar-refractivity contribution in [2.45, 2.75) is 32.2 Å². The molecule has 25 heavy (non-hydrogen) atoms. The van der Waals surface area contributed by atoms with Crippen LogP contribution in [0.5, 0.6) is 0 Å². The summed E-state index contributed by atoms with van der Waals surface area (Å²) in [4.78, 5) is 4.76. The number of aromatic nitrogens is 2. The number of aliphatic imine (C=N–C) groups is 1. The lowest BCUT2D eigenvalue weighted by molar-refractivity contribution is 0.570. The minimum absolute atomic E-state index is 0. The van der Waals surface area contributed by atoms with E-state index in [-0.39, 0.29) is 24.0 Å². The van der Waals surface area contributed by atoms with E-state index in [9.17, 15) is 0 Å². The molecule has 136 valence electrons. The number of hydrogen-bond acceptors (Lipinski definition) is 2. The number of rotatable bonds is 8. The summed E-state index contributed by atoms with van der Waals surface area (Å²) in [6.45, 7) is 5.72. The van der Waals surface area contributed by atoms with Crippen LogP contribution in [0, 0.1) is 5.92 Å². The summed E-state index contributed by atoms with van der Waals surface area (Å²) in [7, 11) is 0. The van der Waals surface area contributed by atoms with Gasteiger partial charge in [-0.1, -0.05) is 30.3 Å². The van der Waals surface area contributed by atoms with Gasteiger partial charge in [0.1, 0.15) is 0 Å². The first kappa shape index (κ1) is 19.8. The molecular weight excluding hydrogens is 425 g/mol. The van der Waals surface area contributed by atoms with E-state index in [0.717, 1.165) is 38.6 Å². The van der Waals surface area contributed by atoms with Crippen LogP contribution in [0.4, 0.5) is 0 Å². The topological polar surface area (TPSA) is 54.2 Å². The predicted octanol–water partition coefficient (Wildman–Crippen LogP) is 3.25. The molecule has 3 rings (SSSR count). The lowest BCUT2D eigenvalue weighted by Crippen LogP contribution is -2.38. The predicted molar refractivity (Wildman–Crippen MR) is 114 cm³/mol. The quantitative estimate of drug-likeness (QED) is 0.279. The van der Waals surface area contributed by atoms with E-state index >= 15 is 0 Å². The molecule has 0 spiro atoms. The van der Waals surface area contributed by atoms with Gasteiger partial charge in [0.25, 0.3) is 0 Å². The molecule has 1 aliphatic rings. The fourth-order valence-electron chi connectivity index (χ4n) is 2.99. The van der Waals surface area contributed by atoms with Crippen LogP contribution in [0.25, 0.3) is 0 Å². The first-order chi connectivity index (χ1) is 11.9. The Kier molecular flexibility index (Phi) is 8.24. The van der Waals surface area contributed by atoms with Crippen molar-refractivity contribution in [3.8, 4) is 0 Å². The summed E-state index contributed by atoms with van der Waals surface area (Å²) in [6, 6.07) is 12.7. The molecule has 2 N–H and O–H groups in total. The van der Waals surface area contributed by atoms with Gasteiger partial charge in [0.05, 0.1) is 0 Å². The van der Waals surface area contributed by atoms with Gasteiger partial charge in [-0.05, 0) is 43.2 Å². The van der Waals surface area contributed by atoms with Gasteiger partial charge < -0.3 is 10.6 Å². The highest BCUT2D eigenvalue weighted by Gasteiger charge is 2.37. The molecule has 6 heteroatoms. The second-order valence-electron chi connectivity index (χ2n) is 6.28. The molecule has 0 radical (unpaired) electrons. The molecule has 0 saturated heterocycles. The highest BCUT2D eigenvalue weighted by molar-refractivity contribution is 14.0. The largest absolute Gasteiger partial charge is 0.357 e. The summed E-state index contributed by atoms with van der Waals surface area (Å²) in [6.07, 6.45) is 6.10. The number of hydrogen-bond donors (Lipinski definition) is 2. The third kappa shape index (κ3) is 6.34. The number of aryl methyl sites for hydroxylation is 1. The molecule has 1 aromatic carbocycles. The number of benzene rings is 1. The highest BCUT2D eigenvalue weighted by Crippen LogP contribution is 2.47. The van der Waals surface area contributed by atoms with Crippen molar-refractivity contribution < 1.29 is 0 Å². The lowest BCUT2D eigenvalue weighted by atomic mass is 10.1. The van der Waals surface area contributed by atoms with Gasteiger partial charge >= 0.3 is 0 Å². The van der Waals surface area contributed by atoms with Crippen LogP contribution in [0.1, 0.15) is 31.2 Å². The van der Waals surface area contributed by atoms with Crippen LogP contribution in [0.2, 0.25) is 0 Å². The van der Waals surface area contributed by atoms with Gasteiger partial charge in [0.15, 0.2) is 5.96 Å². The van der Waals surface area contributed by atoms with Crippen molar-refractivity contribution >= 4 is 29.9 Å². The maximum Gasteiger partial charge on any atom is 0.191 e. The smallest absolute Gasteiger partial charge is 0.191 e. The molecule has 1 aliphatic carbocycles. The van der Waals surface area contributed by atoms with Gasteiger partial charge in [0, 0.05) is 38.6 Å². The molecule has 0 bridgehead atoms. The van der Waals surface area contributed by atoms with Crippen LogP contribution in [-0.4, -0.2) is 35.4 Å². The number of guanidine groups is 1. The van der Waals surface area contributed by atoms with Crippen LogP contribution in [-0.2, 0) is 6.54 Å². The number of halogens is 1. The zero-order valence-corrected chi connectivity index (χ0v) is 17.1. The molecule has 1 aromatic heterocycles. The average Bonchev–Trinajstić information content (AvgIpc) is 3.21. The minimum atomic E-state index is 0.